The molecule has 1 saturated heterocycles. The number of methoxy groups -OCH3 is 1. The van der Waals surface area contributed by atoms with Gasteiger partial charge in [0.05, 0.1) is 13.2 Å². The van der Waals surface area contributed by atoms with Crippen molar-refractivity contribution in [3.63, 3.8) is 0 Å². The molecule has 2 atom stereocenters. The summed E-state index contributed by atoms with van der Waals surface area (Å²) >= 11 is 0. The van der Waals surface area contributed by atoms with E-state index in [0.29, 0.717) is 17.2 Å². The molecule has 0 aliphatic carbocycles. The number of carbonyl (C=O) groups excluding carboxylic acids is 1. The zero-order chi connectivity index (χ0) is 18.5. The molecule has 6 nitrogen and oxygen atoms in total. The first-order valence-electron chi connectivity index (χ1n) is 8.82. The smallest absolute Gasteiger partial charge is 0.251 e. The standard InChI is InChI=1S/C20H26N4O2/c1-23(2)12-16-13-24(19-9-4-5-10-21-19)14-18(16)22-20(25)15-7-6-8-17(11-15)26-3/h4-11,16,18H,12-14H2,1-3H3,(H,22,25)/t16-,18-/m1/s1. The normalized spacial score (nSPS) is 19.6. The third-order valence-corrected chi connectivity index (χ3v) is 4.66. The molecule has 0 bridgehead atoms. The Morgan fingerprint density at radius 3 is 2.81 bits per heavy atom. The van der Waals surface area contributed by atoms with Gasteiger partial charge in [-0.3, -0.25) is 4.79 Å². The monoisotopic (exact) mass is 354 g/mol. The van der Waals surface area contributed by atoms with E-state index in [1.54, 1.807) is 19.4 Å². The molecule has 1 aliphatic rings. The fourth-order valence-corrected chi connectivity index (χ4v) is 3.43. The van der Waals surface area contributed by atoms with Gasteiger partial charge in [0.15, 0.2) is 0 Å². The Kier molecular flexibility index (Phi) is 5.73. The molecule has 1 N–H and O–H groups in total. The van der Waals surface area contributed by atoms with Crippen molar-refractivity contribution in [3.05, 3.63) is 54.2 Å². The summed E-state index contributed by atoms with van der Waals surface area (Å²) in [4.78, 5) is 21.6. The van der Waals surface area contributed by atoms with E-state index in [-0.39, 0.29) is 11.9 Å². The van der Waals surface area contributed by atoms with E-state index in [4.69, 9.17) is 4.74 Å². The number of rotatable bonds is 6. The van der Waals surface area contributed by atoms with E-state index >= 15 is 0 Å². The third-order valence-electron chi connectivity index (χ3n) is 4.66. The van der Waals surface area contributed by atoms with Gasteiger partial charge in [0, 0.05) is 37.3 Å². The van der Waals surface area contributed by atoms with Crippen LogP contribution < -0.4 is 15.0 Å². The SMILES string of the molecule is COc1cccc(C(=O)N[C@@H]2CN(c3ccccn3)C[C@H]2CN(C)C)c1. The van der Waals surface area contributed by atoms with Gasteiger partial charge in [-0.25, -0.2) is 4.98 Å². The van der Waals surface area contributed by atoms with Crippen LogP contribution in [0.25, 0.3) is 0 Å². The van der Waals surface area contributed by atoms with Crippen LogP contribution in [0.1, 0.15) is 10.4 Å². The minimum atomic E-state index is -0.0690. The van der Waals surface area contributed by atoms with E-state index in [1.807, 2.05) is 36.4 Å². The molecular formula is C20H26N4O2. The maximum absolute atomic E-state index is 12.7. The predicted octanol–water partition coefficient (Wildman–Crippen LogP) is 1.89. The van der Waals surface area contributed by atoms with Crippen molar-refractivity contribution in [1.82, 2.24) is 15.2 Å². The molecular weight excluding hydrogens is 328 g/mol. The molecule has 1 amide bonds. The highest BCUT2D eigenvalue weighted by molar-refractivity contribution is 5.94. The first-order chi connectivity index (χ1) is 12.6. The highest BCUT2D eigenvalue weighted by atomic mass is 16.5. The average molecular weight is 354 g/mol. The molecule has 1 aromatic heterocycles. The van der Waals surface area contributed by atoms with Gasteiger partial charge >= 0.3 is 0 Å². The van der Waals surface area contributed by atoms with Crippen LogP contribution in [0.15, 0.2) is 48.7 Å². The minimum absolute atomic E-state index is 0.0677. The third kappa shape index (κ3) is 4.32. The number of nitrogens with one attached hydrogen (secondary N) is 1. The number of amides is 1. The summed E-state index contributed by atoms with van der Waals surface area (Å²) < 4.78 is 5.22. The lowest BCUT2D eigenvalue weighted by Crippen LogP contribution is -2.43. The van der Waals surface area contributed by atoms with Crippen LogP contribution in [0.4, 0.5) is 5.82 Å². The number of hydrogen-bond acceptors (Lipinski definition) is 5. The lowest BCUT2D eigenvalue weighted by Gasteiger charge is -2.22. The van der Waals surface area contributed by atoms with E-state index in [1.165, 1.54) is 0 Å². The summed E-state index contributed by atoms with van der Waals surface area (Å²) in [5, 5.41) is 3.21. The Hall–Kier alpha value is -2.60. The Bertz CT molecular complexity index is 736. The van der Waals surface area contributed by atoms with Gasteiger partial charge in [-0.15, -0.1) is 0 Å². The number of benzene rings is 1. The first-order valence-corrected chi connectivity index (χ1v) is 8.82. The Labute approximate surface area is 154 Å². The second-order valence-electron chi connectivity index (χ2n) is 6.93. The second kappa shape index (κ2) is 8.19. The number of carbonyl (C=O) groups is 1. The molecule has 3 rings (SSSR count). The summed E-state index contributed by atoms with van der Waals surface area (Å²) in [6, 6.07) is 13.2. The summed E-state index contributed by atoms with van der Waals surface area (Å²) in [6.45, 7) is 2.54. The van der Waals surface area contributed by atoms with E-state index in [9.17, 15) is 4.79 Å². The largest absolute Gasteiger partial charge is 0.497 e. The Morgan fingerprint density at radius 1 is 1.27 bits per heavy atom. The van der Waals surface area contributed by atoms with Crippen molar-refractivity contribution in [2.75, 3.05) is 45.7 Å². The average Bonchev–Trinajstić information content (AvgIpc) is 3.04. The predicted molar refractivity (Wildman–Crippen MR) is 103 cm³/mol. The molecule has 138 valence electrons. The van der Waals surface area contributed by atoms with Crippen LogP contribution in [-0.2, 0) is 0 Å². The molecule has 0 unspecified atom stereocenters. The highest BCUT2D eigenvalue weighted by Crippen LogP contribution is 2.23. The molecule has 0 radical (unpaired) electrons. The fourth-order valence-electron chi connectivity index (χ4n) is 3.43. The topological polar surface area (TPSA) is 57.7 Å². The van der Waals surface area contributed by atoms with Crippen molar-refractivity contribution in [2.24, 2.45) is 5.92 Å². The van der Waals surface area contributed by atoms with Crippen molar-refractivity contribution in [2.45, 2.75) is 6.04 Å². The zero-order valence-electron chi connectivity index (χ0n) is 15.6. The van der Waals surface area contributed by atoms with Gasteiger partial charge in [-0.1, -0.05) is 12.1 Å². The molecule has 0 saturated carbocycles. The molecule has 2 aromatic rings. The zero-order valence-corrected chi connectivity index (χ0v) is 15.6. The lowest BCUT2D eigenvalue weighted by molar-refractivity contribution is 0.0927. The molecule has 1 aromatic carbocycles. The van der Waals surface area contributed by atoms with Crippen LogP contribution in [0.5, 0.6) is 5.75 Å². The number of aromatic nitrogens is 1. The summed E-state index contributed by atoms with van der Waals surface area (Å²) in [5.74, 6) is 1.90. The first kappa shape index (κ1) is 18.2. The Morgan fingerprint density at radius 2 is 2.12 bits per heavy atom. The highest BCUT2D eigenvalue weighted by Gasteiger charge is 2.34. The number of ether oxygens (including phenoxy) is 1. The van der Waals surface area contributed by atoms with Crippen molar-refractivity contribution in [3.8, 4) is 5.75 Å². The number of hydrogen-bond donors (Lipinski definition) is 1. The Balaban J connectivity index is 1.73. The number of pyridine rings is 1. The maximum Gasteiger partial charge on any atom is 0.251 e. The van der Waals surface area contributed by atoms with E-state index in [2.05, 4.69) is 34.2 Å². The summed E-state index contributed by atoms with van der Waals surface area (Å²) in [6.07, 6.45) is 1.80. The van der Waals surface area contributed by atoms with Gasteiger partial charge < -0.3 is 19.9 Å². The minimum Gasteiger partial charge on any atom is -0.497 e. The lowest BCUT2D eigenvalue weighted by atomic mass is 10.0. The van der Waals surface area contributed by atoms with Crippen LogP contribution in [-0.4, -0.2) is 62.7 Å². The van der Waals surface area contributed by atoms with Crippen molar-refractivity contribution >= 4 is 11.7 Å². The van der Waals surface area contributed by atoms with Crippen LogP contribution in [0.3, 0.4) is 0 Å². The van der Waals surface area contributed by atoms with E-state index in [0.717, 1.165) is 25.5 Å². The van der Waals surface area contributed by atoms with Gasteiger partial charge in [-0.2, -0.15) is 0 Å². The maximum atomic E-state index is 12.7. The molecule has 1 fully saturated rings. The second-order valence-corrected chi connectivity index (χ2v) is 6.93. The van der Waals surface area contributed by atoms with Crippen LogP contribution in [0, 0.1) is 5.92 Å². The van der Waals surface area contributed by atoms with Gasteiger partial charge in [0.25, 0.3) is 5.91 Å². The summed E-state index contributed by atoms with van der Waals surface area (Å²) in [5.41, 5.74) is 0.615. The molecule has 2 heterocycles. The van der Waals surface area contributed by atoms with Gasteiger partial charge in [-0.05, 0) is 44.4 Å². The van der Waals surface area contributed by atoms with Gasteiger partial charge in [0.2, 0.25) is 0 Å². The molecule has 26 heavy (non-hydrogen) atoms. The van der Waals surface area contributed by atoms with Crippen LogP contribution in [0.2, 0.25) is 0 Å². The van der Waals surface area contributed by atoms with E-state index < -0.39 is 0 Å². The number of anilines is 1. The van der Waals surface area contributed by atoms with Crippen molar-refractivity contribution in [1.29, 1.82) is 0 Å². The van der Waals surface area contributed by atoms with Crippen molar-refractivity contribution < 1.29 is 9.53 Å². The summed E-state index contributed by atoms with van der Waals surface area (Å²) in [7, 11) is 5.72. The van der Waals surface area contributed by atoms with Crippen LogP contribution >= 0.6 is 0 Å². The van der Waals surface area contributed by atoms with Gasteiger partial charge in [0.1, 0.15) is 11.6 Å². The quantitative estimate of drug-likeness (QED) is 0.858. The molecule has 6 heteroatoms. The number of nitrogens with zero attached hydrogens (tertiary/aromatic N) is 3. The fraction of sp³-hybridized carbons (Fsp3) is 0.400. The molecule has 1 aliphatic heterocycles. The molecule has 0 spiro atoms.